The molecule has 2 aliphatic heterocycles. The Labute approximate surface area is 349 Å². The molecule has 10 aromatic rings. The number of anilines is 4. The minimum absolute atomic E-state index is 0.0840. The van der Waals surface area contributed by atoms with Gasteiger partial charge in [-0.05, 0) is 85.4 Å². The number of rotatable bonds is 5. The Morgan fingerprint density at radius 3 is 2.02 bits per heavy atom. The minimum Gasteiger partial charge on any atom is -0.376 e. The number of fused-ring (bicyclic) bond motifs is 9. The molecular weight excluding hydrogens is 731 g/mol. The lowest BCUT2D eigenvalue weighted by molar-refractivity contribution is 0.644. The number of hydrogen-bond donors (Lipinski definition) is 1. The van der Waals surface area contributed by atoms with Crippen LogP contribution in [-0.2, 0) is 5.41 Å². The van der Waals surface area contributed by atoms with Crippen LogP contribution in [0.15, 0.2) is 194 Å². The van der Waals surface area contributed by atoms with Crippen LogP contribution < -0.4 is 21.1 Å². The molecule has 0 saturated carbocycles. The first-order valence-corrected chi connectivity index (χ1v) is 21.4. The second-order valence-electron chi connectivity index (χ2n) is 16.6. The third-order valence-corrected chi connectivity index (χ3v) is 14.1. The summed E-state index contributed by atoms with van der Waals surface area (Å²) in [4.78, 5) is 2.63. The van der Waals surface area contributed by atoms with E-state index in [1.807, 2.05) is 11.3 Å². The van der Waals surface area contributed by atoms with Crippen molar-refractivity contribution in [1.29, 1.82) is 0 Å². The summed E-state index contributed by atoms with van der Waals surface area (Å²) >= 11 is 1.92. The molecule has 0 radical (unpaired) electrons. The highest BCUT2D eigenvalue weighted by molar-refractivity contribution is 7.26. The van der Waals surface area contributed by atoms with Crippen molar-refractivity contribution >= 4 is 82.8 Å². The van der Waals surface area contributed by atoms with Crippen LogP contribution in [0, 0.1) is 0 Å². The second-order valence-corrected chi connectivity index (χ2v) is 17.6. The lowest BCUT2D eigenvalue weighted by Crippen LogP contribution is -2.60. The predicted molar refractivity (Wildman–Crippen MR) is 255 cm³/mol. The Morgan fingerprint density at radius 2 is 1.22 bits per heavy atom. The van der Waals surface area contributed by atoms with Gasteiger partial charge in [-0.2, -0.15) is 0 Å². The first kappa shape index (κ1) is 34.2. The number of nitrogens with one attached hydrogen (secondary N) is 1. The fourth-order valence-electron chi connectivity index (χ4n) is 9.90. The average molecular weight is 771 g/mol. The second kappa shape index (κ2) is 13.1. The van der Waals surface area contributed by atoms with Gasteiger partial charge >= 0.3 is 6.85 Å². The van der Waals surface area contributed by atoms with Crippen molar-refractivity contribution in [2.24, 2.45) is 0 Å². The number of thiophene rings is 1. The molecule has 0 atom stereocenters. The zero-order chi connectivity index (χ0) is 39.2. The van der Waals surface area contributed by atoms with Crippen molar-refractivity contribution in [2.75, 3.05) is 10.1 Å². The first-order chi connectivity index (χ1) is 29.0. The SMILES string of the molecule is CC(C)(c1ccc2ccccc2c1)c1cccc2c1Nc1cc3c(sc4ccccc43)c3c1B2N(c1ccc(-c2ccccc2)cc1)c1cc(-c2ccccc2)ccc1-3. The molecule has 1 aromatic heterocycles. The van der Waals surface area contributed by atoms with Crippen LogP contribution in [0.1, 0.15) is 25.0 Å². The van der Waals surface area contributed by atoms with Crippen molar-refractivity contribution in [1.82, 2.24) is 0 Å². The Bertz CT molecular complexity index is 3280. The van der Waals surface area contributed by atoms with Crippen molar-refractivity contribution in [3.8, 4) is 33.4 Å². The molecule has 3 heterocycles. The molecule has 278 valence electrons. The minimum atomic E-state index is -0.295. The van der Waals surface area contributed by atoms with E-state index in [9.17, 15) is 0 Å². The van der Waals surface area contributed by atoms with E-state index in [2.05, 4.69) is 218 Å². The van der Waals surface area contributed by atoms with Crippen LogP contribution in [-0.4, -0.2) is 6.85 Å². The van der Waals surface area contributed by atoms with E-state index in [4.69, 9.17) is 0 Å². The molecular formula is C55H39BN2S. The van der Waals surface area contributed by atoms with E-state index >= 15 is 0 Å². The summed E-state index contributed by atoms with van der Waals surface area (Å²) in [6.07, 6.45) is 0. The highest BCUT2D eigenvalue weighted by Gasteiger charge is 2.45. The van der Waals surface area contributed by atoms with E-state index < -0.39 is 0 Å². The van der Waals surface area contributed by atoms with Gasteiger partial charge in [0, 0.05) is 59.5 Å². The van der Waals surface area contributed by atoms with E-state index in [0.717, 1.165) is 0 Å². The molecule has 0 spiro atoms. The van der Waals surface area contributed by atoms with E-state index in [-0.39, 0.29) is 12.3 Å². The van der Waals surface area contributed by atoms with Gasteiger partial charge in [0.1, 0.15) is 0 Å². The van der Waals surface area contributed by atoms with Crippen LogP contribution in [0.3, 0.4) is 0 Å². The molecule has 59 heavy (non-hydrogen) atoms. The molecule has 0 amide bonds. The Balaban J connectivity index is 1.15. The quantitative estimate of drug-likeness (QED) is 0.175. The summed E-state index contributed by atoms with van der Waals surface area (Å²) in [6.45, 7) is 4.68. The fourth-order valence-corrected chi connectivity index (χ4v) is 11.2. The van der Waals surface area contributed by atoms with Gasteiger partial charge in [0.2, 0.25) is 0 Å². The zero-order valence-electron chi connectivity index (χ0n) is 32.9. The van der Waals surface area contributed by atoms with Gasteiger partial charge < -0.3 is 10.1 Å². The monoisotopic (exact) mass is 770 g/mol. The molecule has 0 unspecified atom stereocenters. The highest BCUT2D eigenvalue weighted by Crippen LogP contribution is 2.51. The van der Waals surface area contributed by atoms with Crippen LogP contribution in [0.5, 0.6) is 0 Å². The smallest absolute Gasteiger partial charge is 0.333 e. The number of hydrogen-bond acceptors (Lipinski definition) is 3. The van der Waals surface area contributed by atoms with Crippen LogP contribution >= 0.6 is 11.3 Å². The van der Waals surface area contributed by atoms with Crippen molar-refractivity contribution in [2.45, 2.75) is 19.3 Å². The van der Waals surface area contributed by atoms with E-state index in [1.165, 1.54) is 109 Å². The summed E-state index contributed by atoms with van der Waals surface area (Å²) in [5.74, 6) is 0. The van der Waals surface area contributed by atoms with Crippen LogP contribution in [0.4, 0.5) is 22.7 Å². The largest absolute Gasteiger partial charge is 0.376 e. The molecule has 0 saturated heterocycles. The molecule has 0 fully saturated rings. The topological polar surface area (TPSA) is 15.3 Å². The third kappa shape index (κ3) is 5.26. The number of benzene rings is 9. The normalized spacial score (nSPS) is 13.0. The molecule has 0 aliphatic carbocycles. The Hall–Kier alpha value is -6.88. The molecule has 9 aromatic carbocycles. The van der Waals surface area contributed by atoms with Crippen molar-refractivity contribution < 1.29 is 0 Å². The predicted octanol–water partition coefficient (Wildman–Crippen LogP) is 13.8. The van der Waals surface area contributed by atoms with Gasteiger partial charge in [-0.25, -0.2) is 0 Å². The molecule has 12 rings (SSSR count). The molecule has 4 heteroatoms. The maximum absolute atomic E-state index is 4.16. The average Bonchev–Trinajstić information content (AvgIpc) is 3.67. The summed E-state index contributed by atoms with van der Waals surface area (Å²) in [7, 11) is 0. The Morgan fingerprint density at radius 1 is 0.542 bits per heavy atom. The lowest BCUT2D eigenvalue weighted by atomic mass is 9.43. The zero-order valence-corrected chi connectivity index (χ0v) is 33.7. The van der Waals surface area contributed by atoms with E-state index in [0.29, 0.717) is 0 Å². The molecule has 0 bridgehead atoms. The number of nitrogens with zero attached hydrogens (tertiary/aromatic N) is 1. The third-order valence-electron chi connectivity index (χ3n) is 12.9. The maximum Gasteiger partial charge on any atom is 0.333 e. The lowest BCUT2D eigenvalue weighted by Gasteiger charge is -2.44. The Kier molecular flexibility index (Phi) is 7.58. The van der Waals surface area contributed by atoms with Gasteiger partial charge in [-0.15, -0.1) is 11.3 Å². The van der Waals surface area contributed by atoms with Gasteiger partial charge in [0.05, 0.1) is 0 Å². The summed E-state index contributed by atoms with van der Waals surface area (Å²) in [6, 6.07) is 71.9. The van der Waals surface area contributed by atoms with Crippen molar-refractivity contribution in [3.63, 3.8) is 0 Å². The van der Waals surface area contributed by atoms with Gasteiger partial charge in [-0.3, -0.25) is 0 Å². The summed E-state index contributed by atoms with van der Waals surface area (Å²) in [5.41, 5.74) is 17.1. The highest BCUT2D eigenvalue weighted by atomic mass is 32.1. The maximum atomic E-state index is 4.16. The van der Waals surface area contributed by atoms with Gasteiger partial charge in [0.25, 0.3) is 0 Å². The summed E-state index contributed by atoms with van der Waals surface area (Å²) < 4.78 is 2.66. The first-order valence-electron chi connectivity index (χ1n) is 20.5. The van der Waals surface area contributed by atoms with Gasteiger partial charge in [-0.1, -0.05) is 178 Å². The standard InChI is InChI=1S/C55H39BN2S/c1-55(2,41-28-24-37-18-9-10-19-39(37)32-41)46-21-13-22-47-53(46)57-48-34-45-43-20-11-12-23-50(43)59-54(45)51-44-31-27-40(36-16-7-4-8-17-36)33-49(44)58(56(47)52(48)51)42-29-25-38(26-30-42)35-14-5-3-6-15-35/h3-34,57H,1-2H3. The fraction of sp³-hybridized carbons (Fsp3) is 0.0545. The van der Waals surface area contributed by atoms with Crippen molar-refractivity contribution in [3.05, 3.63) is 205 Å². The van der Waals surface area contributed by atoms with Crippen LogP contribution in [0.25, 0.3) is 64.3 Å². The summed E-state index contributed by atoms with van der Waals surface area (Å²) in [5, 5.41) is 9.30. The number of para-hydroxylation sites is 1. The van der Waals surface area contributed by atoms with E-state index in [1.54, 1.807) is 0 Å². The molecule has 1 N–H and O–H groups in total. The van der Waals surface area contributed by atoms with Crippen LogP contribution in [0.2, 0.25) is 0 Å². The molecule has 2 nitrogen and oxygen atoms in total. The van der Waals surface area contributed by atoms with Gasteiger partial charge in [0.15, 0.2) is 0 Å². The molecule has 2 aliphatic rings.